The molecule has 1 atom stereocenters. The van der Waals surface area contributed by atoms with Crippen molar-refractivity contribution < 1.29 is 27.5 Å². The third kappa shape index (κ3) is 5.03. The Bertz CT molecular complexity index is 988. The summed E-state index contributed by atoms with van der Waals surface area (Å²) >= 11 is 0. The van der Waals surface area contributed by atoms with E-state index in [9.17, 15) is 18.0 Å². The number of benzene rings is 1. The molecule has 1 aromatic rings. The molecule has 0 aliphatic carbocycles. The normalized spacial score (nSPS) is 22.8. The first-order chi connectivity index (χ1) is 15.9. The highest BCUT2D eigenvalue weighted by Gasteiger charge is 2.41. The Labute approximate surface area is 193 Å². The van der Waals surface area contributed by atoms with Gasteiger partial charge in [-0.2, -0.15) is 22.1 Å². The zero-order valence-corrected chi connectivity index (χ0v) is 19.4. The molecule has 2 saturated heterocycles. The Morgan fingerprint density at radius 3 is 2.30 bits per heavy atom. The van der Waals surface area contributed by atoms with Gasteiger partial charge in [0.15, 0.2) is 0 Å². The van der Waals surface area contributed by atoms with E-state index in [1.165, 1.54) is 8.61 Å². The van der Waals surface area contributed by atoms with Gasteiger partial charge in [0.05, 0.1) is 25.5 Å². The molecule has 0 aromatic heterocycles. The number of esters is 1. The van der Waals surface area contributed by atoms with E-state index < -0.39 is 22.2 Å². The summed E-state index contributed by atoms with van der Waals surface area (Å²) in [6.07, 6.45) is 0.138. The van der Waals surface area contributed by atoms with E-state index in [2.05, 4.69) is 5.10 Å². The first kappa shape index (κ1) is 23.6. The van der Waals surface area contributed by atoms with Gasteiger partial charge in [0, 0.05) is 45.7 Å². The minimum Gasteiger partial charge on any atom is -0.461 e. The number of para-hydroxylation sites is 1. The van der Waals surface area contributed by atoms with Gasteiger partial charge in [-0.3, -0.25) is 9.80 Å². The van der Waals surface area contributed by atoms with Crippen LogP contribution in [0.1, 0.15) is 13.3 Å². The topological polar surface area (TPSA) is 112 Å². The van der Waals surface area contributed by atoms with Crippen molar-refractivity contribution in [1.82, 2.24) is 13.5 Å². The van der Waals surface area contributed by atoms with Gasteiger partial charge in [-0.1, -0.05) is 18.2 Å². The number of rotatable bonds is 6. The van der Waals surface area contributed by atoms with Crippen LogP contribution in [0.3, 0.4) is 0 Å². The fraction of sp³-hybridized carbons (Fsp3) is 0.571. The summed E-state index contributed by atoms with van der Waals surface area (Å²) < 4.78 is 39.0. The molecular weight excluding hydrogens is 450 g/mol. The third-order valence-electron chi connectivity index (χ3n) is 5.90. The maximum absolute atomic E-state index is 13.4. The van der Waals surface area contributed by atoms with Gasteiger partial charge in [0.1, 0.15) is 11.8 Å². The monoisotopic (exact) mass is 479 g/mol. The molecule has 3 aliphatic heterocycles. The molecular formula is C21H29N5O6S. The second kappa shape index (κ2) is 10.2. The molecule has 0 N–H and O–H groups in total. The zero-order chi connectivity index (χ0) is 23.4. The number of hydrogen-bond acceptors (Lipinski definition) is 8. The number of anilines is 1. The largest absolute Gasteiger partial charge is 0.461 e. The lowest BCUT2D eigenvalue weighted by molar-refractivity contribution is -0.135. The molecule has 0 saturated carbocycles. The summed E-state index contributed by atoms with van der Waals surface area (Å²) in [5.41, 5.74) is 0.899. The van der Waals surface area contributed by atoms with Crippen molar-refractivity contribution in [2.24, 2.45) is 5.10 Å². The second-order valence-electron chi connectivity index (χ2n) is 7.91. The molecule has 2 fully saturated rings. The number of carbonyl (C=O) groups is 2. The summed E-state index contributed by atoms with van der Waals surface area (Å²) in [7, 11) is -3.58. The van der Waals surface area contributed by atoms with Crippen LogP contribution in [-0.2, 0) is 29.3 Å². The van der Waals surface area contributed by atoms with Crippen molar-refractivity contribution in [1.29, 1.82) is 0 Å². The Morgan fingerprint density at radius 2 is 1.67 bits per heavy atom. The molecule has 180 valence electrons. The van der Waals surface area contributed by atoms with Crippen LogP contribution in [0.4, 0.5) is 5.69 Å². The van der Waals surface area contributed by atoms with Crippen molar-refractivity contribution >= 4 is 33.5 Å². The van der Waals surface area contributed by atoms with E-state index in [-0.39, 0.29) is 50.8 Å². The minimum atomic E-state index is -3.58. The average Bonchev–Trinajstić information content (AvgIpc) is 3.31. The molecule has 3 heterocycles. The smallest absolute Gasteiger partial charge is 0.354 e. The predicted molar refractivity (Wildman–Crippen MR) is 121 cm³/mol. The van der Waals surface area contributed by atoms with E-state index in [0.717, 1.165) is 0 Å². The fourth-order valence-corrected chi connectivity index (χ4v) is 5.71. The highest BCUT2D eigenvalue weighted by Crippen LogP contribution is 2.27. The highest BCUT2D eigenvalue weighted by atomic mass is 32.2. The van der Waals surface area contributed by atoms with E-state index in [4.69, 9.17) is 9.47 Å². The fourth-order valence-electron chi connectivity index (χ4n) is 4.15. The first-order valence-electron chi connectivity index (χ1n) is 11.1. The van der Waals surface area contributed by atoms with Crippen molar-refractivity contribution in [2.75, 3.05) is 64.1 Å². The van der Waals surface area contributed by atoms with E-state index in [1.807, 2.05) is 30.3 Å². The second-order valence-corrected chi connectivity index (χ2v) is 9.84. The highest BCUT2D eigenvalue weighted by molar-refractivity contribution is 7.86. The molecule has 0 spiro atoms. The van der Waals surface area contributed by atoms with Crippen LogP contribution in [0.25, 0.3) is 0 Å². The summed E-state index contributed by atoms with van der Waals surface area (Å²) in [6, 6.07) is 8.50. The lowest BCUT2D eigenvalue weighted by atomic mass is 10.1. The summed E-state index contributed by atoms with van der Waals surface area (Å²) in [6.45, 7) is 4.37. The van der Waals surface area contributed by atoms with Crippen LogP contribution >= 0.6 is 0 Å². The van der Waals surface area contributed by atoms with Crippen molar-refractivity contribution in [3.63, 3.8) is 0 Å². The van der Waals surface area contributed by atoms with Crippen LogP contribution in [0.15, 0.2) is 35.4 Å². The molecule has 11 nitrogen and oxygen atoms in total. The van der Waals surface area contributed by atoms with E-state index in [1.54, 1.807) is 16.8 Å². The number of ether oxygens (including phenoxy) is 2. The number of amides is 1. The van der Waals surface area contributed by atoms with Crippen molar-refractivity contribution in [3.05, 3.63) is 30.3 Å². The van der Waals surface area contributed by atoms with Crippen LogP contribution in [-0.4, -0.2) is 105 Å². The molecule has 1 aromatic carbocycles. The Hall–Kier alpha value is -2.54. The van der Waals surface area contributed by atoms with Gasteiger partial charge < -0.3 is 14.4 Å². The molecule has 0 bridgehead atoms. The third-order valence-corrected chi connectivity index (χ3v) is 7.94. The maximum atomic E-state index is 13.4. The summed E-state index contributed by atoms with van der Waals surface area (Å²) in [5, 5.41) is 5.95. The maximum Gasteiger partial charge on any atom is 0.354 e. The van der Waals surface area contributed by atoms with Gasteiger partial charge in [0.2, 0.25) is 5.91 Å². The summed E-state index contributed by atoms with van der Waals surface area (Å²) in [5.74, 6) is -0.722. The number of piperazine rings is 1. The van der Waals surface area contributed by atoms with Gasteiger partial charge in [-0.15, -0.1) is 0 Å². The lowest BCUT2D eigenvalue weighted by Gasteiger charge is -2.39. The number of morpholine rings is 1. The molecule has 1 amide bonds. The Morgan fingerprint density at radius 1 is 1.03 bits per heavy atom. The van der Waals surface area contributed by atoms with Crippen LogP contribution in [0.5, 0.6) is 0 Å². The SMILES string of the molecule is CCOC(=O)C1=NN(c2ccccc2)C(C(=O)N2CCN(S(=O)(=O)N3CCOCC3)CC2)C1. The summed E-state index contributed by atoms with van der Waals surface area (Å²) in [4.78, 5) is 27.4. The van der Waals surface area contributed by atoms with Gasteiger partial charge in [0.25, 0.3) is 10.2 Å². The van der Waals surface area contributed by atoms with E-state index in [0.29, 0.717) is 32.0 Å². The minimum absolute atomic E-state index is 0.138. The zero-order valence-electron chi connectivity index (χ0n) is 18.6. The molecule has 33 heavy (non-hydrogen) atoms. The Kier molecular flexibility index (Phi) is 7.27. The molecule has 4 rings (SSSR count). The standard InChI is InChI=1S/C21H29N5O6S/c1-2-32-21(28)18-16-19(26(22-18)17-6-4-3-5-7-17)20(27)23-8-10-24(11-9-23)33(29,30)25-12-14-31-15-13-25/h3-7,19H,2,8-16H2,1H3. The molecule has 3 aliphatic rings. The average molecular weight is 480 g/mol. The van der Waals surface area contributed by atoms with Crippen molar-refractivity contribution in [3.8, 4) is 0 Å². The van der Waals surface area contributed by atoms with Crippen LogP contribution in [0.2, 0.25) is 0 Å². The Balaban J connectivity index is 1.44. The molecule has 12 heteroatoms. The van der Waals surface area contributed by atoms with Crippen LogP contribution in [0, 0.1) is 0 Å². The van der Waals surface area contributed by atoms with Gasteiger partial charge in [-0.25, -0.2) is 4.79 Å². The van der Waals surface area contributed by atoms with Crippen LogP contribution < -0.4 is 5.01 Å². The van der Waals surface area contributed by atoms with Gasteiger partial charge >= 0.3 is 5.97 Å². The number of hydrazone groups is 1. The predicted octanol–water partition coefficient (Wildman–Crippen LogP) is -0.0944. The lowest BCUT2D eigenvalue weighted by Crippen LogP contribution is -2.57. The molecule has 1 unspecified atom stereocenters. The van der Waals surface area contributed by atoms with Crippen molar-refractivity contribution in [2.45, 2.75) is 19.4 Å². The number of nitrogens with zero attached hydrogens (tertiary/aromatic N) is 5. The quantitative estimate of drug-likeness (QED) is 0.524. The number of carbonyl (C=O) groups excluding carboxylic acids is 2. The first-order valence-corrected chi connectivity index (χ1v) is 12.5. The molecule has 0 radical (unpaired) electrons. The van der Waals surface area contributed by atoms with Gasteiger partial charge in [-0.05, 0) is 19.1 Å². The number of hydrogen-bond donors (Lipinski definition) is 0. The van der Waals surface area contributed by atoms with E-state index >= 15 is 0 Å².